The van der Waals surface area contributed by atoms with Gasteiger partial charge in [-0.3, -0.25) is 14.5 Å². The quantitative estimate of drug-likeness (QED) is 0.793. The first-order chi connectivity index (χ1) is 12.8. The van der Waals surface area contributed by atoms with Gasteiger partial charge in [0, 0.05) is 50.9 Å². The fourth-order valence-corrected chi connectivity index (χ4v) is 3.54. The Morgan fingerprint density at radius 1 is 1.22 bits per heavy atom. The maximum Gasteiger partial charge on any atom is 0.401 e. The van der Waals surface area contributed by atoms with Gasteiger partial charge < -0.3 is 14.5 Å². The van der Waals surface area contributed by atoms with E-state index in [1.165, 1.54) is 12.0 Å². The van der Waals surface area contributed by atoms with Crippen LogP contribution in [0.25, 0.3) is 0 Å². The van der Waals surface area contributed by atoms with Crippen molar-refractivity contribution in [2.75, 3.05) is 51.3 Å². The van der Waals surface area contributed by atoms with Crippen molar-refractivity contribution >= 4 is 17.5 Å². The zero-order chi connectivity index (χ0) is 19.6. The average molecular weight is 385 g/mol. The van der Waals surface area contributed by atoms with Crippen molar-refractivity contribution in [3.63, 3.8) is 0 Å². The molecule has 1 unspecified atom stereocenters. The molecule has 9 heteroatoms. The van der Waals surface area contributed by atoms with Crippen molar-refractivity contribution in [1.29, 1.82) is 0 Å². The molecule has 1 aromatic carbocycles. The van der Waals surface area contributed by atoms with E-state index in [2.05, 4.69) is 0 Å². The Morgan fingerprint density at radius 2 is 1.93 bits per heavy atom. The molecule has 0 N–H and O–H groups in total. The average Bonchev–Trinajstić information content (AvgIpc) is 3.02. The monoisotopic (exact) mass is 385 g/mol. The number of carbonyl (C=O) groups is 2. The highest BCUT2D eigenvalue weighted by Crippen LogP contribution is 2.29. The van der Waals surface area contributed by atoms with Gasteiger partial charge >= 0.3 is 6.18 Å². The van der Waals surface area contributed by atoms with Gasteiger partial charge in [-0.15, -0.1) is 0 Å². The van der Waals surface area contributed by atoms with E-state index in [0.717, 1.165) is 0 Å². The van der Waals surface area contributed by atoms with Crippen LogP contribution >= 0.6 is 0 Å². The third-order valence-corrected chi connectivity index (χ3v) is 4.93. The van der Waals surface area contributed by atoms with Gasteiger partial charge in [0.2, 0.25) is 11.8 Å². The number of rotatable bonds is 4. The van der Waals surface area contributed by atoms with Crippen LogP contribution in [0.4, 0.5) is 18.9 Å². The van der Waals surface area contributed by atoms with Gasteiger partial charge in [0.15, 0.2) is 0 Å². The molecule has 2 amide bonds. The Hall–Kier alpha value is -2.29. The first-order valence-electron chi connectivity index (χ1n) is 8.79. The summed E-state index contributed by atoms with van der Waals surface area (Å²) in [5.41, 5.74) is 0.671. The van der Waals surface area contributed by atoms with Gasteiger partial charge in [0.1, 0.15) is 5.75 Å². The lowest BCUT2D eigenvalue weighted by atomic mass is 10.1. The minimum absolute atomic E-state index is 0.110. The lowest BCUT2D eigenvalue weighted by Crippen LogP contribution is -2.52. The van der Waals surface area contributed by atoms with Crippen molar-refractivity contribution in [3.8, 4) is 5.75 Å². The molecule has 0 aromatic heterocycles. The minimum Gasteiger partial charge on any atom is -0.497 e. The molecule has 2 aliphatic heterocycles. The van der Waals surface area contributed by atoms with Crippen LogP contribution < -0.4 is 9.64 Å². The van der Waals surface area contributed by atoms with Gasteiger partial charge in [-0.05, 0) is 12.1 Å². The van der Waals surface area contributed by atoms with Crippen molar-refractivity contribution in [2.45, 2.75) is 12.6 Å². The van der Waals surface area contributed by atoms with Crippen LogP contribution in [-0.2, 0) is 9.59 Å². The lowest BCUT2D eigenvalue weighted by Gasteiger charge is -2.36. The molecule has 0 aliphatic carbocycles. The summed E-state index contributed by atoms with van der Waals surface area (Å²) < 4.78 is 42.6. The summed E-state index contributed by atoms with van der Waals surface area (Å²) in [6.07, 6.45) is -4.12. The lowest BCUT2D eigenvalue weighted by molar-refractivity contribution is -0.152. The van der Waals surface area contributed by atoms with Crippen LogP contribution in [-0.4, -0.2) is 74.2 Å². The summed E-state index contributed by atoms with van der Waals surface area (Å²) in [7, 11) is 1.54. The fraction of sp³-hybridized carbons (Fsp3) is 0.556. The van der Waals surface area contributed by atoms with Crippen molar-refractivity contribution in [2.24, 2.45) is 5.92 Å². The maximum atomic E-state index is 12.7. The van der Waals surface area contributed by atoms with Gasteiger partial charge in [-0.2, -0.15) is 13.2 Å². The predicted molar refractivity (Wildman–Crippen MR) is 92.5 cm³/mol. The van der Waals surface area contributed by atoms with E-state index >= 15 is 0 Å². The molecule has 0 spiro atoms. The molecule has 0 bridgehead atoms. The van der Waals surface area contributed by atoms with Crippen LogP contribution in [0.3, 0.4) is 0 Å². The number of alkyl halides is 3. The molecule has 2 fully saturated rings. The summed E-state index contributed by atoms with van der Waals surface area (Å²) >= 11 is 0. The fourth-order valence-electron chi connectivity index (χ4n) is 3.54. The van der Waals surface area contributed by atoms with E-state index in [1.807, 2.05) is 0 Å². The SMILES string of the molecule is COc1cccc(N2CC(C(=O)N3CCN(CC(F)(F)F)CC3)CC2=O)c1. The number of methoxy groups -OCH3 is 1. The first-order valence-corrected chi connectivity index (χ1v) is 8.79. The maximum absolute atomic E-state index is 12.7. The third kappa shape index (κ3) is 4.71. The summed E-state index contributed by atoms with van der Waals surface area (Å²) in [6.45, 7) is 0.183. The van der Waals surface area contributed by atoms with Crippen LogP contribution in [0.15, 0.2) is 24.3 Å². The van der Waals surface area contributed by atoms with Crippen molar-refractivity contribution < 1.29 is 27.5 Å². The summed E-state index contributed by atoms with van der Waals surface area (Å²) in [6, 6.07) is 7.06. The summed E-state index contributed by atoms with van der Waals surface area (Å²) in [4.78, 5) is 29.5. The molecule has 3 rings (SSSR count). The molecule has 6 nitrogen and oxygen atoms in total. The number of halogens is 3. The highest BCUT2D eigenvalue weighted by Gasteiger charge is 2.39. The molecule has 1 atom stereocenters. The molecule has 0 saturated carbocycles. The largest absolute Gasteiger partial charge is 0.497 e. The number of nitrogens with zero attached hydrogens (tertiary/aromatic N) is 3. The van der Waals surface area contributed by atoms with Crippen LogP contribution in [0.2, 0.25) is 0 Å². The molecule has 148 valence electrons. The van der Waals surface area contributed by atoms with Crippen LogP contribution in [0.5, 0.6) is 5.75 Å². The number of anilines is 1. The van der Waals surface area contributed by atoms with Gasteiger partial charge in [-0.1, -0.05) is 6.07 Å². The number of benzene rings is 1. The van der Waals surface area contributed by atoms with Gasteiger partial charge in [0.25, 0.3) is 0 Å². The number of hydrogen-bond acceptors (Lipinski definition) is 4. The van der Waals surface area contributed by atoms with Crippen molar-refractivity contribution in [3.05, 3.63) is 24.3 Å². The number of hydrogen-bond donors (Lipinski definition) is 0. The van der Waals surface area contributed by atoms with Gasteiger partial charge in [0.05, 0.1) is 19.6 Å². The molecular formula is C18H22F3N3O3. The molecular weight excluding hydrogens is 363 g/mol. The number of ether oxygens (including phenoxy) is 1. The standard InChI is InChI=1S/C18H22F3N3O3/c1-27-15-4-2-3-14(10-15)24-11-13(9-16(24)25)17(26)23-7-5-22(6-8-23)12-18(19,20)21/h2-4,10,13H,5-9,11-12H2,1H3. The topological polar surface area (TPSA) is 53.1 Å². The molecule has 0 radical (unpaired) electrons. The van der Waals surface area contributed by atoms with E-state index in [9.17, 15) is 22.8 Å². The molecule has 1 aromatic rings. The number of piperazine rings is 1. The van der Waals surface area contributed by atoms with Crippen LogP contribution in [0, 0.1) is 5.92 Å². The molecule has 2 heterocycles. The smallest absolute Gasteiger partial charge is 0.401 e. The second-order valence-corrected chi connectivity index (χ2v) is 6.82. The van der Waals surface area contributed by atoms with Gasteiger partial charge in [-0.25, -0.2) is 0 Å². The Kier molecular flexibility index (Phi) is 5.59. The zero-order valence-corrected chi connectivity index (χ0v) is 15.0. The predicted octanol–water partition coefficient (Wildman–Crippen LogP) is 1.75. The second kappa shape index (κ2) is 7.75. The van der Waals surface area contributed by atoms with E-state index in [0.29, 0.717) is 11.4 Å². The Bertz CT molecular complexity index is 703. The molecule has 2 aliphatic rings. The number of amides is 2. The second-order valence-electron chi connectivity index (χ2n) is 6.82. The highest BCUT2D eigenvalue weighted by molar-refractivity contribution is 6.00. The van der Waals surface area contributed by atoms with E-state index in [1.54, 1.807) is 34.1 Å². The van der Waals surface area contributed by atoms with E-state index in [-0.39, 0.29) is 51.0 Å². The van der Waals surface area contributed by atoms with Crippen LogP contribution in [0.1, 0.15) is 6.42 Å². The summed E-state index contributed by atoms with van der Waals surface area (Å²) in [5.74, 6) is -0.161. The van der Waals surface area contributed by atoms with E-state index < -0.39 is 18.6 Å². The normalized spacial score (nSPS) is 21.6. The first kappa shape index (κ1) is 19.5. The van der Waals surface area contributed by atoms with E-state index in [4.69, 9.17) is 4.74 Å². The third-order valence-electron chi connectivity index (χ3n) is 4.93. The molecule has 2 saturated heterocycles. The Labute approximate surface area is 155 Å². The zero-order valence-electron chi connectivity index (χ0n) is 15.0. The minimum atomic E-state index is -4.23. The Morgan fingerprint density at radius 3 is 2.56 bits per heavy atom. The van der Waals surface area contributed by atoms with Crippen molar-refractivity contribution in [1.82, 2.24) is 9.80 Å². The highest BCUT2D eigenvalue weighted by atomic mass is 19.4. The molecule has 27 heavy (non-hydrogen) atoms. The Balaban J connectivity index is 1.58. The number of carbonyl (C=O) groups excluding carboxylic acids is 2. The summed E-state index contributed by atoms with van der Waals surface area (Å²) in [5, 5.41) is 0.